The molecule has 0 aliphatic rings. The fourth-order valence-corrected chi connectivity index (χ4v) is 3.17. The molecule has 0 bridgehead atoms. The normalized spacial score (nSPS) is 11.4. The molecule has 7 heteroatoms. The third kappa shape index (κ3) is 5.40. The van der Waals surface area contributed by atoms with Gasteiger partial charge in [-0.05, 0) is 34.9 Å². The highest BCUT2D eigenvalue weighted by Crippen LogP contribution is 2.20. The molecule has 0 saturated heterocycles. The van der Waals surface area contributed by atoms with Crippen LogP contribution in [-0.2, 0) is 16.1 Å². The number of rotatable bonds is 8. The van der Waals surface area contributed by atoms with Crippen LogP contribution in [0.4, 0.5) is 0 Å². The second kappa shape index (κ2) is 10.3. The third-order valence-corrected chi connectivity index (χ3v) is 4.85. The number of amides is 2. The molecule has 2 N–H and O–H groups in total. The van der Waals surface area contributed by atoms with Gasteiger partial charge < -0.3 is 15.3 Å². The van der Waals surface area contributed by atoms with Crippen molar-refractivity contribution in [3.8, 4) is 11.1 Å². The van der Waals surface area contributed by atoms with E-state index < -0.39 is 30.2 Å². The molecule has 3 aromatic rings. The predicted octanol–water partition coefficient (Wildman–Crippen LogP) is 2.07. The molecule has 2 aromatic carbocycles. The maximum Gasteiger partial charge on any atom is 0.254 e. The third-order valence-electron chi connectivity index (χ3n) is 4.85. The van der Waals surface area contributed by atoms with E-state index in [-0.39, 0.29) is 6.54 Å². The van der Waals surface area contributed by atoms with Crippen LogP contribution >= 0.6 is 0 Å². The number of benzene rings is 2. The minimum absolute atomic E-state index is 0.148. The van der Waals surface area contributed by atoms with Gasteiger partial charge in [-0.3, -0.25) is 19.4 Å². The molecule has 7 nitrogen and oxygen atoms in total. The van der Waals surface area contributed by atoms with Crippen LogP contribution in [0.3, 0.4) is 0 Å². The van der Waals surface area contributed by atoms with Crippen molar-refractivity contribution in [2.45, 2.75) is 12.6 Å². The Morgan fingerprint density at radius 3 is 2.26 bits per heavy atom. The van der Waals surface area contributed by atoms with Crippen molar-refractivity contribution in [1.29, 1.82) is 0 Å². The zero-order valence-corrected chi connectivity index (χ0v) is 17.1. The zero-order valence-electron chi connectivity index (χ0n) is 17.1. The van der Waals surface area contributed by atoms with Crippen molar-refractivity contribution >= 4 is 17.6 Å². The van der Waals surface area contributed by atoms with Gasteiger partial charge in [0.25, 0.3) is 11.8 Å². The predicted molar refractivity (Wildman–Crippen MR) is 116 cm³/mol. The summed E-state index contributed by atoms with van der Waals surface area (Å²) < 4.78 is 0. The SMILES string of the molecule is CN(C(=O)c1ccc(-c2ccccc2)cc1)C(C(=O)CO)C(=O)NCc1cccnc1. The van der Waals surface area contributed by atoms with E-state index in [1.54, 1.807) is 36.7 Å². The van der Waals surface area contributed by atoms with Gasteiger partial charge in [-0.25, -0.2) is 0 Å². The summed E-state index contributed by atoms with van der Waals surface area (Å²) in [5.74, 6) is -1.93. The second-order valence-corrected chi connectivity index (χ2v) is 6.97. The van der Waals surface area contributed by atoms with E-state index in [2.05, 4.69) is 10.3 Å². The number of carbonyl (C=O) groups is 3. The largest absolute Gasteiger partial charge is 0.388 e. The van der Waals surface area contributed by atoms with Gasteiger partial charge in [0.1, 0.15) is 6.61 Å². The first-order valence-electron chi connectivity index (χ1n) is 9.74. The lowest BCUT2D eigenvalue weighted by atomic mass is 10.0. The van der Waals surface area contributed by atoms with E-state index in [9.17, 15) is 19.5 Å². The Hall–Kier alpha value is -3.84. The molecule has 1 unspecified atom stereocenters. The van der Waals surface area contributed by atoms with Crippen molar-refractivity contribution in [1.82, 2.24) is 15.2 Å². The van der Waals surface area contributed by atoms with Crippen LogP contribution in [0.15, 0.2) is 79.1 Å². The summed E-state index contributed by atoms with van der Waals surface area (Å²) in [5, 5.41) is 12.0. The van der Waals surface area contributed by atoms with Gasteiger partial charge in [0.2, 0.25) is 0 Å². The number of Topliss-reactive ketones (excluding diaryl/α,β-unsaturated/α-hetero) is 1. The molecule has 0 saturated carbocycles. The molecule has 0 radical (unpaired) electrons. The Bertz CT molecular complexity index is 1040. The highest BCUT2D eigenvalue weighted by Gasteiger charge is 2.33. The fraction of sp³-hybridized carbons (Fsp3) is 0.167. The van der Waals surface area contributed by atoms with Crippen LogP contribution in [0.2, 0.25) is 0 Å². The lowest BCUT2D eigenvalue weighted by Gasteiger charge is -2.26. The van der Waals surface area contributed by atoms with Crippen LogP contribution in [0.5, 0.6) is 0 Å². The van der Waals surface area contributed by atoms with Gasteiger partial charge >= 0.3 is 0 Å². The molecule has 1 heterocycles. The number of nitrogens with zero attached hydrogens (tertiary/aromatic N) is 2. The number of nitrogens with one attached hydrogen (secondary N) is 1. The first-order chi connectivity index (χ1) is 15.0. The van der Waals surface area contributed by atoms with Crippen LogP contribution in [0, 0.1) is 0 Å². The number of aromatic nitrogens is 1. The van der Waals surface area contributed by atoms with E-state index in [0.717, 1.165) is 21.6 Å². The number of ketones is 1. The summed E-state index contributed by atoms with van der Waals surface area (Å²) in [6.07, 6.45) is 3.20. The van der Waals surface area contributed by atoms with Crippen LogP contribution < -0.4 is 5.32 Å². The first-order valence-corrected chi connectivity index (χ1v) is 9.74. The lowest BCUT2D eigenvalue weighted by Crippen LogP contribution is -2.52. The van der Waals surface area contributed by atoms with Gasteiger partial charge in [-0.2, -0.15) is 0 Å². The Kier molecular flexibility index (Phi) is 7.24. The number of aliphatic hydroxyl groups is 1. The van der Waals surface area contributed by atoms with E-state index >= 15 is 0 Å². The summed E-state index contributed by atoms with van der Waals surface area (Å²) in [4.78, 5) is 42.9. The second-order valence-electron chi connectivity index (χ2n) is 6.97. The van der Waals surface area contributed by atoms with Crippen molar-refractivity contribution in [3.05, 3.63) is 90.3 Å². The quantitative estimate of drug-likeness (QED) is 0.547. The highest BCUT2D eigenvalue weighted by molar-refractivity contribution is 6.10. The number of hydrogen-bond donors (Lipinski definition) is 2. The van der Waals surface area contributed by atoms with Crippen molar-refractivity contribution in [3.63, 3.8) is 0 Å². The highest BCUT2D eigenvalue weighted by atomic mass is 16.3. The van der Waals surface area contributed by atoms with Crippen LogP contribution in [0.1, 0.15) is 15.9 Å². The molecule has 0 spiro atoms. The molecule has 2 amide bonds. The Labute approximate surface area is 180 Å². The number of aliphatic hydroxyl groups excluding tert-OH is 1. The van der Waals surface area contributed by atoms with Crippen LogP contribution in [-0.4, -0.2) is 52.3 Å². The maximum atomic E-state index is 12.9. The van der Waals surface area contributed by atoms with Crippen molar-refractivity contribution in [2.75, 3.05) is 13.7 Å². The zero-order chi connectivity index (χ0) is 22.2. The number of likely N-dealkylation sites (N-methyl/N-ethyl adjacent to an activating group) is 1. The molecule has 1 atom stereocenters. The van der Waals surface area contributed by atoms with Gasteiger partial charge in [-0.1, -0.05) is 48.5 Å². The van der Waals surface area contributed by atoms with E-state index in [1.807, 2.05) is 42.5 Å². The minimum Gasteiger partial charge on any atom is -0.388 e. The Morgan fingerprint density at radius 1 is 0.968 bits per heavy atom. The lowest BCUT2D eigenvalue weighted by molar-refractivity contribution is -0.136. The van der Waals surface area contributed by atoms with Crippen molar-refractivity contribution in [2.24, 2.45) is 0 Å². The minimum atomic E-state index is -1.44. The first kappa shape index (κ1) is 21.9. The van der Waals surface area contributed by atoms with E-state index in [1.165, 1.54) is 7.05 Å². The summed E-state index contributed by atoms with van der Waals surface area (Å²) in [6, 6.07) is 18.7. The molecule has 1 aromatic heterocycles. The topological polar surface area (TPSA) is 99.6 Å². The number of carbonyl (C=O) groups excluding carboxylic acids is 3. The van der Waals surface area contributed by atoms with Gasteiger partial charge in [-0.15, -0.1) is 0 Å². The summed E-state index contributed by atoms with van der Waals surface area (Å²) >= 11 is 0. The molecule has 31 heavy (non-hydrogen) atoms. The molecule has 0 aliphatic heterocycles. The fourth-order valence-electron chi connectivity index (χ4n) is 3.17. The average molecular weight is 417 g/mol. The van der Waals surface area contributed by atoms with E-state index in [4.69, 9.17) is 0 Å². The van der Waals surface area contributed by atoms with Gasteiger partial charge in [0.15, 0.2) is 11.8 Å². The Morgan fingerprint density at radius 2 is 1.65 bits per heavy atom. The number of hydrogen-bond acceptors (Lipinski definition) is 5. The summed E-state index contributed by atoms with van der Waals surface area (Å²) in [7, 11) is 1.37. The standard InChI is InChI=1S/C24H23N3O4/c1-27(22(21(29)16-28)23(30)26-15-17-6-5-13-25-14-17)24(31)20-11-9-19(10-12-20)18-7-3-2-4-8-18/h2-14,22,28H,15-16H2,1H3,(H,26,30). The van der Waals surface area contributed by atoms with E-state index in [0.29, 0.717) is 5.56 Å². The number of pyridine rings is 1. The monoisotopic (exact) mass is 417 g/mol. The van der Waals surface area contributed by atoms with Gasteiger partial charge in [0, 0.05) is 31.5 Å². The summed E-state index contributed by atoms with van der Waals surface area (Å²) in [6.45, 7) is -0.703. The van der Waals surface area contributed by atoms with Crippen LogP contribution in [0.25, 0.3) is 11.1 Å². The molecular weight excluding hydrogens is 394 g/mol. The molecule has 0 fully saturated rings. The molecule has 158 valence electrons. The average Bonchev–Trinajstić information content (AvgIpc) is 2.83. The maximum absolute atomic E-state index is 12.9. The molecule has 0 aliphatic carbocycles. The van der Waals surface area contributed by atoms with Crippen molar-refractivity contribution < 1.29 is 19.5 Å². The molecular formula is C24H23N3O4. The summed E-state index contributed by atoms with van der Waals surface area (Å²) in [5.41, 5.74) is 3.03. The smallest absolute Gasteiger partial charge is 0.254 e. The molecule has 3 rings (SSSR count). The Balaban J connectivity index is 1.74. The van der Waals surface area contributed by atoms with Gasteiger partial charge in [0.05, 0.1) is 0 Å².